The number of halogens is 1. The zero-order valence-corrected chi connectivity index (χ0v) is 15.9. The summed E-state index contributed by atoms with van der Waals surface area (Å²) in [5, 5.41) is 7.43. The molecule has 0 aliphatic rings. The summed E-state index contributed by atoms with van der Waals surface area (Å²) in [5.41, 5.74) is 5.91. The Bertz CT molecular complexity index is 952. The molecule has 0 saturated carbocycles. The number of carbonyl (C=O) groups is 1. The van der Waals surface area contributed by atoms with Crippen molar-refractivity contribution < 1.29 is 4.79 Å². The van der Waals surface area contributed by atoms with Gasteiger partial charge in [-0.2, -0.15) is 5.10 Å². The van der Waals surface area contributed by atoms with Gasteiger partial charge in [-0.3, -0.25) is 10.2 Å². The van der Waals surface area contributed by atoms with Crippen molar-refractivity contribution in [3.63, 3.8) is 0 Å². The van der Waals surface area contributed by atoms with E-state index in [1.165, 1.54) is 16.2 Å². The normalized spacial score (nSPS) is 10.9. The highest BCUT2D eigenvalue weighted by Crippen LogP contribution is 2.30. The molecule has 3 rings (SSSR count). The van der Waals surface area contributed by atoms with Crippen LogP contribution in [0.15, 0.2) is 59.0 Å². The minimum Gasteiger partial charge on any atom is -0.345 e. The summed E-state index contributed by atoms with van der Waals surface area (Å²) < 4.78 is 0. The molecule has 0 aliphatic heterocycles. The Morgan fingerprint density at radius 1 is 1.19 bits per heavy atom. The zero-order valence-electron chi connectivity index (χ0n) is 14.3. The summed E-state index contributed by atoms with van der Waals surface area (Å²) in [5.74, 6) is -0.0673. The number of nitrogens with one attached hydrogen (secondary N) is 1. The lowest BCUT2D eigenvalue weighted by molar-refractivity contribution is 0.0827. The molecule has 3 aromatic rings. The van der Waals surface area contributed by atoms with Crippen LogP contribution in [0.1, 0.15) is 15.9 Å². The van der Waals surface area contributed by atoms with Crippen LogP contribution in [0.5, 0.6) is 0 Å². The zero-order chi connectivity index (χ0) is 18.5. The quantitative estimate of drug-likeness (QED) is 0.516. The van der Waals surface area contributed by atoms with Crippen molar-refractivity contribution in [1.29, 1.82) is 0 Å². The van der Waals surface area contributed by atoms with Crippen LogP contribution in [-0.4, -0.2) is 36.1 Å². The van der Waals surface area contributed by atoms with Crippen LogP contribution < -0.4 is 5.43 Å². The van der Waals surface area contributed by atoms with Crippen LogP contribution in [0.4, 0.5) is 5.13 Å². The van der Waals surface area contributed by atoms with Gasteiger partial charge in [-0.1, -0.05) is 48.0 Å². The molecule has 0 bridgehead atoms. The molecule has 0 atom stereocenters. The Kier molecular flexibility index (Phi) is 5.65. The van der Waals surface area contributed by atoms with Gasteiger partial charge >= 0.3 is 0 Å². The lowest BCUT2D eigenvalue weighted by atomic mass is 10.1. The van der Waals surface area contributed by atoms with E-state index >= 15 is 0 Å². The lowest BCUT2D eigenvalue weighted by Gasteiger charge is -2.11. The maximum absolute atomic E-state index is 12.2. The second-order valence-corrected chi connectivity index (χ2v) is 6.94. The van der Waals surface area contributed by atoms with Gasteiger partial charge in [0, 0.05) is 41.2 Å². The Morgan fingerprint density at radius 3 is 2.69 bits per heavy atom. The number of nitrogens with zero attached hydrogens (tertiary/aromatic N) is 3. The van der Waals surface area contributed by atoms with Crippen molar-refractivity contribution in [3.8, 4) is 11.3 Å². The smallest absolute Gasteiger partial charge is 0.254 e. The fourth-order valence-corrected chi connectivity index (χ4v) is 3.21. The maximum Gasteiger partial charge on any atom is 0.254 e. The molecule has 132 valence electrons. The second-order valence-electron chi connectivity index (χ2n) is 5.67. The van der Waals surface area contributed by atoms with Gasteiger partial charge in [0.2, 0.25) is 5.13 Å². The molecule has 1 heterocycles. The van der Waals surface area contributed by atoms with E-state index in [1.54, 1.807) is 26.4 Å². The number of rotatable bonds is 5. The average Bonchev–Trinajstić information content (AvgIpc) is 3.10. The summed E-state index contributed by atoms with van der Waals surface area (Å²) in [6.45, 7) is 0. The van der Waals surface area contributed by atoms with Crippen molar-refractivity contribution in [2.45, 2.75) is 0 Å². The van der Waals surface area contributed by atoms with E-state index in [0.717, 1.165) is 16.8 Å². The number of amides is 1. The van der Waals surface area contributed by atoms with Crippen LogP contribution in [0.3, 0.4) is 0 Å². The van der Waals surface area contributed by atoms with Crippen molar-refractivity contribution in [2.75, 3.05) is 19.5 Å². The molecular formula is C19H17ClN4OS. The van der Waals surface area contributed by atoms with Gasteiger partial charge in [0.25, 0.3) is 5.91 Å². The molecule has 0 aliphatic carbocycles. The van der Waals surface area contributed by atoms with E-state index in [1.807, 2.05) is 47.8 Å². The molecule has 0 fully saturated rings. The Hall–Kier alpha value is -2.70. The van der Waals surface area contributed by atoms with Crippen LogP contribution in [-0.2, 0) is 0 Å². The number of hydrogen-bond donors (Lipinski definition) is 1. The van der Waals surface area contributed by atoms with Crippen molar-refractivity contribution in [2.24, 2.45) is 5.10 Å². The monoisotopic (exact) mass is 384 g/mol. The molecule has 1 aromatic heterocycles. The minimum absolute atomic E-state index is 0.0673. The van der Waals surface area contributed by atoms with Crippen molar-refractivity contribution in [1.82, 2.24) is 9.88 Å². The molecule has 0 radical (unpaired) electrons. The van der Waals surface area contributed by atoms with E-state index < -0.39 is 0 Å². The summed E-state index contributed by atoms with van der Waals surface area (Å²) in [6.07, 6.45) is 1.62. The average molecular weight is 385 g/mol. The number of hydrogen-bond acceptors (Lipinski definition) is 5. The second kappa shape index (κ2) is 8.12. The first-order valence-electron chi connectivity index (χ1n) is 7.86. The summed E-state index contributed by atoms with van der Waals surface area (Å²) in [7, 11) is 3.45. The highest BCUT2D eigenvalue weighted by Gasteiger charge is 2.11. The van der Waals surface area contributed by atoms with Gasteiger partial charge in [0.1, 0.15) is 0 Å². The third-order valence-electron chi connectivity index (χ3n) is 3.62. The number of hydrazone groups is 1. The first-order valence-corrected chi connectivity index (χ1v) is 9.12. The van der Waals surface area contributed by atoms with Crippen molar-refractivity contribution >= 4 is 40.2 Å². The summed E-state index contributed by atoms with van der Waals surface area (Å²) >= 11 is 7.64. The number of thiazole rings is 1. The molecule has 0 saturated heterocycles. The summed E-state index contributed by atoms with van der Waals surface area (Å²) in [6, 6.07) is 14.9. The Balaban J connectivity index is 1.75. The van der Waals surface area contributed by atoms with Crippen LogP contribution in [0, 0.1) is 0 Å². The number of carbonyl (C=O) groups excluding carboxylic acids is 1. The van der Waals surface area contributed by atoms with Gasteiger partial charge in [-0.15, -0.1) is 11.3 Å². The first kappa shape index (κ1) is 18.1. The molecule has 7 heteroatoms. The topological polar surface area (TPSA) is 57.6 Å². The Morgan fingerprint density at radius 2 is 1.92 bits per heavy atom. The van der Waals surface area contributed by atoms with Gasteiger partial charge in [0.05, 0.1) is 11.9 Å². The predicted molar refractivity (Wildman–Crippen MR) is 108 cm³/mol. The van der Waals surface area contributed by atoms with E-state index in [-0.39, 0.29) is 5.91 Å². The maximum atomic E-state index is 12.2. The van der Waals surface area contributed by atoms with Crippen molar-refractivity contribution in [3.05, 3.63) is 70.1 Å². The molecule has 1 amide bonds. The van der Waals surface area contributed by atoms with E-state index in [2.05, 4.69) is 15.5 Å². The molecule has 0 unspecified atom stereocenters. The van der Waals surface area contributed by atoms with Gasteiger partial charge in [-0.25, -0.2) is 4.98 Å². The third-order valence-corrected chi connectivity index (χ3v) is 4.69. The molecule has 2 aromatic carbocycles. The lowest BCUT2D eigenvalue weighted by Crippen LogP contribution is -2.22. The van der Waals surface area contributed by atoms with E-state index in [0.29, 0.717) is 15.7 Å². The predicted octanol–water partition coefficient (Wildman–Crippen LogP) is 4.61. The molecule has 5 nitrogen and oxygen atoms in total. The van der Waals surface area contributed by atoms with Crippen LogP contribution in [0.2, 0.25) is 5.02 Å². The SMILES string of the molecule is CN(C)C(=O)c1ccccc1/C=N/Nc1nc(-c2ccccc2Cl)cs1. The molecular weight excluding hydrogens is 368 g/mol. The van der Waals surface area contributed by atoms with Crippen LogP contribution in [0.25, 0.3) is 11.3 Å². The van der Waals surface area contributed by atoms with Gasteiger partial charge < -0.3 is 4.90 Å². The molecule has 26 heavy (non-hydrogen) atoms. The fraction of sp³-hybridized carbons (Fsp3) is 0.105. The highest BCUT2D eigenvalue weighted by molar-refractivity contribution is 7.14. The van der Waals surface area contributed by atoms with E-state index in [9.17, 15) is 4.79 Å². The van der Waals surface area contributed by atoms with E-state index in [4.69, 9.17) is 11.6 Å². The number of benzene rings is 2. The van der Waals surface area contributed by atoms with Gasteiger partial charge in [0.15, 0.2) is 0 Å². The third kappa shape index (κ3) is 4.09. The first-order chi connectivity index (χ1) is 12.6. The molecule has 1 N–H and O–H groups in total. The molecule has 0 spiro atoms. The Labute approximate surface area is 161 Å². The largest absolute Gasteiger partial charge is 0.345 e. The highest BCUT2D eigenvalue weighted by atomic mass is 35.5. The number of aromatic nitrogens is 1. The van der Waals surface area contributed by atoms with Gasteiger partial charge in [-0.05, 0) is 12.1 Å². The standard InChI is InChI=1S/C19H17ClN4OS/c1-24(2)18(25)14-8-4-3-7-13(14)11-21-23-19-22-17(12-26-19)15-9-5-6-10-16(15)20/h3-12H,1-2H3,(H,22,23)/b21-11+. The minimum atomic E-state index is -0.0673. The van der Waals surface area contributed by atoms with Crippen LogP contribution >= 0.6 is 22.9 Å². The fourth-order valence-electron chi connectivity index (χ4n) is 2.32. The number of anilines is 1. The summed E-state index contributed by atoms with van der Waals surface area (Å²) in [4.78, 5) is 18.2.